The van der Waals surface area contributed by atoms with E-state index in [0.29, 0.717) is 23.6 Å². The van der Waals surface area contributed by atoms with Crippen molar-refractivity contribution in [3.8, 4) is 17.2 Å². The lowest BCUT2D eigenvalue weighted by molar-refractivity contribution is -0.120. The fourth-order valence-electron chi connectivity index (χ4n) is 4.37. The summed E-state index contributed by atoms with van der Waals surface area (Å²) in [5.41, 5.74) is 3.16. The number of benzene rings is 4. The van der Waals surface area contributed by atoms with Gasteiger partial charge in [-0.15, -0.1) is 0 Å². The molecule has 1 amide bonds. The number of carbonyl (C=O) groups excluding carboxylic acids is 1. The molecule has 40 heavy (non-hydrogen) atoms. The first-order valence-electron chi connectivity index (χ1n) is 13.1. The predicted molar refractivity (Wildman–Crippen MR) is 158 cm³/mol. The Bertz CT molecular complexity index is 1540. The van der Waals surface area contributed by atoms with Crippen LogP contribution in [-0.2, 0) is 14.8 Å². The minimum Gasteiger partial charge on any atom is -0.496 e. The normalized spacial score (nSPS) is 11.9. The third kappa shape index (κ3) is 6.82. The molecule has 0 fully saturated rings. The van der Waals surface area contributed by atoms with Crippen molar-refractivity contribution < 1.29 is 22.7 Å². The predicted octanol–water partition coefficient (Wildman–Crippen LogP) is 6.57. The van der Waals surface area contributed by atoms with Crippen molar-refractivity contribution in [3.05, 3.63) is 114 Å². The molecule has 1 unspecified atom stereocenters. The number of aryl methyl sites for hydroxylation is 2. The van der Waals surface area contributed by atoms with Gasteiger partial charge in [0.2, 0.25) is 5.91 Å². The van der Waals surface area contributed by atoms with Crippen molar-refractivity contribution in [2.24, 2.45) is 0 Å². The molecule has 0 aliphatic carbocycles. The average molecular weight is 559 g/mol. The molecular weight excluding hydrogens is 524 g/mol. The third-order valence-electron chi connectivity index (χ3n) is 6.56. The molecule has 0 saturated carbocycles. The van der Waals surface area contributed by atoms with Crippen LogP contribution in [0, 0.1) is 13.8 Å². The van der Waals surface area contributed by atoms with Gasteiger partial charge in [-0.05, 0) is 86.0 Å². The summed E-state index contributed by atoms with van der Waals surface area (Å²) in [6.45, 7) is 5.41. The number of methoxy groups -OCH3 is 1. The van der Waals surface area contributed by atoms with Gasteiger partial charge >= 0.3 is 0 Å². The molecule has 4 aromatic carbocycles. The first-order chi connectivity index (χ1) is 19.2. The number of nitrogens with one attached hydrogen (secondary N) is 1. The quantitative estimate of drug-likeness (QED) is 0.225. The second kappa shape index (κ2) is 12.7. The molecule has 0 spiro atoms. The van der Waals surface area contributed by atoms with Crippen molar-refractivity contribution in [2.75, 3.05) is 18.0 Å². The Morgan fingerprint density at radius 3 is 2.12 bits per heavy atom. The Labute approximate surface area is 236 Å². The molecule has 0 radical (unpaired) electrons. The summed E-state index contributed by atoms with van der Waals surface area (Å²) in [6.07, 6.45) is 0.633. The maximum Gasteiger partial charge on any atom is 0.264 e. The number of hydrogen-bond donors (Lipinski definition) is 1. The molecule has 0 bridgehead atoms. The van der Waals surface area contributed by atoms with Crippen LogP contribution in [0.1, 0.15) is 36.1 Å². The van der Waals surface area contributed by atoms with E-state index in [0.717, 1.165) is 26.7 Å². The van der Waals surface area contributed by atoms with Crippen LogP contribution in [0.3, 0.4) is 0 Å². The third-order valence-corrected chi connectivity index (χ3v) is 8.35. The molecule has 0 aromatic heterocycles. The Balaban J connectivity index is 1.61. The van der Waals surface area contributed by atoms with Gasteiger partial charge in [0.1, 0.15) is 23.8 Å². The zero-order valence-corrected chi connectivity index (χ0v) is 23.9. The highest BCUT2D eigenvalue weighted by molar-refractivity contribution is 7.92. The second-order valence-corrected chi connectivity index (χ2v) is 11.4. The molecule has 0 heterocycles. The van der Waals surface area contributed by atoms with Gasteiger partial charge in [-0.25, -0.2) is 8.42 Å². The van der Waals surface area contributed by atoms with Crippen molar-refractivity contribution >= 4 is 21.6 Å². The Morgan fingerprint density at radius 1 is 0.875 bits per heavy atom. The van der Waals surface area contributed by atoms with Crippen LogP contribution < -0.4 is 19.1 Å². The first-order valence-corrected chi connectivity index (χ1v) is 14.5. The molecule has 0 aliphatic rings. The smallest absolute Gasteiger partial charge is 0.264 e. The number of ether oxygens (including phenoxy) is 2. The fraction of sp³-hybridized carbons (Fsp3) is 0.219. The molecular formula is C32H34N2O5S. The number of hydrogen-bond acceptors (Lipinski definition) is 5. The maximum absolute atomic E-state index is 13.8. The van der Waals surface area contributed by atoms with Gasteiger partial charge < -0.3 is 14.8 Å². The lowest BCUT2D eigenvalue weighted by Crippen LogP contribution is -2.42. The van der Waals surface area contributed by atoms with Crippen LogP contribution >= 0.6 is 0 Å². The Kier molecular flexibility index (Phi) is 9.11. The van der Waals surface area contributed by atoms with Gasteiger partial charge in [-0.1, -0.05) is 55.0 Å². The Morgan fingerprint density at radius 2 is 1.52 bits per heavy atom. The molecule has 7 nitrogen and oxygen atoms in total. The summed E-state index contributed by atoms with van der Waals surface area (Å²) in [6, 6.07) is 28.0. The van der Waals surface area contributed by atoms with Crippen molar-refractivity contribution in [1.29, 1.82) is 0 Å². The number of sulfonamides is 1. The first kappa shape index (κ1) is 28.7. The molecule has 4 aromatic rings. The number of amides is 1. The van der Waals surface area contributed by atoms with E-state index in [1.165, 1.54) is 0 Å². The lowest BCUT2D eigenvalue weighted by Gasteiger charge is -2.26. The standard InChI is InChI=1S/C32H34N2O5S/c1-5-30(25-13-20-31(38-4)24(3)21-25)33-32(35)22-34(40(36,37)29-18-11-23(2)12-19-29)26-14-16-28(17-15-26)39-27-9-7-6-8-10-27/h6-21,30H,5,22H2,1-4H3,(H,33,35). The highest BCUT2D eigenvalue weighted by Crippen LogP contribution is 2.29. The monoisotopic (exact) mass is 558 g/mol. The molecule has 208 valence electrons. The Hall–Kier alpha value is -4.30. The molecule has 4 rings (SSSR count). The zero-order valence-electron chi connectivity index (χ0n) is 23.1. The van der Waals surface area contributed by atoms with Gasteiger partial charge in [-0.3, -0.25) is 9.10 Å². The van der Waals surface area contributed by atoms with E-state index < -0.39 is 15.9 Å². The van der Waals surface area contributed by atoms with E-state index in [1.54, 1.807) is 55.6 Å². The van der Waals surface area contributed by atoms with Crippen LogP contribution in [0.15, 0.2) is 102 Å². The molecule has 8 heteroatoms. The highest BCUT2D eigenvalue weighted by atomic mass is 32.2. The average Bonchev–Trinajstić information content (AvgIpc) is 2.96. The van der Waals surface area contributed by atoms with E-state index in [-0.39, 0.29) is 17.5 Å². The van der Waals surface area contributed by atoms with Gasteiger partial charge in [-0.2, -0.15) is 0 Å². The van der Waals surface area contributed by atoms with Crippen LogP contribution in [-0.4, -0.2) is 28.0 Å². The number of para-hydroxylation sites is 1. The van der Waals surface area contributed by atoms with Gasteiger partial charge in [0.25, 0.3) is 10.0 Å². The summed E-state index contributed by atoms with van der Waals surface area (Å²) in [4.78, 5) is 13.5. The van der Waals surface area contributed by atoms with Crippen LogP contribution in [0.4, 0.5) is 5.69 Å². The molecule has 0 aliphatic heterocycles. The molecule has 1 atom stereocenters. The summed E-state index contributed by atoms with van der Waals surface area (Å²) in [5.74, 6) is 1.56. The fourth-order valence-corrected chi connectivity index (χ4v) is 5.79. The van der Waals surface area contributed by atoms with Gasteiger partial charge in [0.15, 0.2) is 0 Å². The molecule has 1 N–H and O–H groups in total. The highest BCUT2D eigenvalue weighted by Gasteiger charge is 2.28. The van der Waals surface area contributed by atoms with Crippen molar-refractivity contribution in [1.82, 2.24) is 5.32 Å². The maximum atomic E-state index is 13.8. The van der Waals surface area contributed by atoms with Crippen molar-refractivity contribution in [3.63, 3.8) is 0 Å². The summed E-state index contributed by atoms with van der Waals surface area (Å²) < 4.78 is 39.9. The topological polar surface area (TPSA) is 84.9 Å². The van der Waals surface area contributed by atoms with Crippen LogP contribution in [0.2, 0.25) is 0 Å². The summed E-state index contributed by atoms with van der Waals surface area (Å²) in [7, 11) is -2.43. The minimum atomic E-state index is -4.05. The number of nitrogens with zero attached hydrogens (tertiary/aromatic N) is 1. The van der Waals surface area contributed by atoms with Crippen LogP contribution in [0.5, 0.6) is 17.2 Å². The largest absolute Gasteiger partial charge is 0.496 e. The summed E-state index contributed by atoms with van der Waals surface area (Å²) in [5, 5.41) is 3.01. The number of rotatable bonds is 11. The van der Waals surface area contributed by atoms with E-state index in [2.05, 4.69) is 5.32 Å². The van der Waals surface area contributed by atoms with Crippen LogP contribution in [0.25, 0.3) is 0 Å². The SMILES string of the molecule is CCC(NC(=O)CN(c1ccc(Oc2ccccc2)cc1)S(=O)(=O)c1ccc(C)cc1)c1ccc(OC)c(C)c1. The molecule has 0 saturated heterocycles. The van der Waals surface area contributed by atoms with Gasteiger partial charge in [0.05, 0.1) is 23.7 Å². The zero-order chi connectivity index (χ0) is 28.7. The number of anilines is 1. The van der Waals surface area contributed by atoms with Crippen molar-refractivity contribution in [2.45, 2.75) is 38.1 Å². The van der Waals surface area contributed by atoms with E-state index in [1.807, 2.05) is 69.3 Å². The minimum absolute atomic E-state index is 0.105. The van der Waals surface area contributed by atoms with E-state index >= 15 is 0 Å². The lowest BCUT2D eigenvalue weighted by atomic mass is 10.0. The van der Waals surface area contributed by atoms with Gasteiger partial charge in [0, 0.05) is 0 Å². The summed E-state index contributed by atoms with van der Waals surface area (Å²) >= 11 is 0. The van der Waals surface area contributed by atoms with E-state index in [4.69, 9.17) is 9.47 Å². The number of carbonyl (C=O) groups is 1. The second-order valence-electron chi connectivity index (χ2n) is 9.49. The van der Waals surface area contributed by atoms with E-state index in [9.17, 15) is 13.2 Å².